The van der Waals surface area contributed by atoms with Gasteiger partial charge in [0.1, 0.15) is 5.82 Å². The number of halogens is 1. The number of benzene rings is 2. The number of nitrogen functional groups attached to an aromatic ring is 1. The molecule has 0 spiro atoms. The lowest BCUT2D eigenvalue weighted by Crippen LogP contribution is -2.16. The number of nitrogens with one attached hydrogen (secondary N) is 1. The lowest BCUT2D eigenvalue weighted by molar-refractivity contribution is 0.102. The summed E-state index contributed by atoms with van der Waals surface area (Å²) in [5.41, 5.74) is 8.50. The number of hydrogen-bond acceptors (Lipinski definition) is 2. The Morgan fingerprint density at radius 3 is 2.57 bits per heavy atom. The highest BCUT2D eigenvalue weighted by molar-refractivity contribution is 6.05. The Balaban J connectivity index is 2.36. The minimum Gasteiger partial charge on any atom is -0.399 e. The molecule has 0 atom stereocenters. The fourth-order valence-corrected chi connectivity index (χ4v) is 2.24. The number of hydrogen-bond donors (Lipinski definition) is 2. The Morgan fingerprint density at radius 1 is 1.24 bits per heavy atom. The van der Waals surface area contributed by atoms with Crippen molar-refractivity contribution in [3.05, 3.63) is 58.9 Å². The van der Waals surface area contributed by atoms with Gasteiger partial charge in [0.05, 0.1) is 5.56 Å². The molecule has 0 aliphatic heterocycles. The lowest BCUT2D eigenvalue weighted by atomic mass is 9.98. The summed E-state index contributed by atoms with van der Waals surface area (Å²) in [6.45, 7) is 6.02. The van der Waals surface area contributed by atoms with Crippen molar-refractivity contribution in [2.45, 2.75) is 26.7 Å². The highest BCUT2D eigenvalue weighted by Gasteiger charge is 2.16. The van der Waals surface area contributed by atoms with Crippen LogP contribution in [-0.2, 0) is 0 Å². The number of carbonyl (C=O) groups is 1. The molecular formula is C17H19FN2O. The third-order valence-electron chi connectivity index (χ3n) is 3.40. The van der Waals surface area contributed by atoms with Crippen LogP contribution in [0.5, 0.6) is 0 Å². The molecule has 2 rings (SSSR count). The maximum atomic E-state index is 13.8. The van der Waals surface area contributed by atoms with Gasteiger partial charge >= 0.3 is 0 Å². The molecule has 2 aromatic carbocycles. The molecule has 0 saturated carbocycles. The molecule has 0 aliphatic carbocycles. The summed E-state index contributed by atoms with van der Waals surface area (Å²) < 4.78 is 13.8. The Bertz CT molecular complexity index is 680. The molecule has 0 aromatic heterocycles. The SMILES string of the molecule is Cc1cccc(C(C)C)c1NC(=O)c1ccc(N)cc1F. The van der Waals surface area contributed by atoms with Crippen LogP contribution in [0.4, 0.5) is 15.8 Å². The predicted molar refractivity (Wildman–Crippen MR) is 84.0 cm³/mol. The molecule has 3 nitrogen and oxygen atoms in total. The molecule has 0 heterocycles. The second-order valence-electron chi connectivity index (χ2n) is 5.39. The Kier molecular flexibility index (Phi) is 4.26. The molecule has 0 aliphatic rings. The number of carbonyl (C=O) groups excluding carboxylic acids is 1. The van der Waals surface area contributed by atoms with E-state index in [0.717, 1.165) is 22.9 Å². The largest absolute Gasteiger partial charge is 0.399 e. The van der Waals surface area contributed by atoms with Crippen LogP contribution in [-0.4, -0.2) is 5.91 Å². The van der Waals surface area contributed by atoms with E-state index in [2.05, 4.69) is 5.32 Å². The van der Waals surface area contributed by atoms with Crippen LogP contribution in [0.3, 0.4) is 0 Å². The van der Waals surface area contributed by atoms with E-state index in [1.54, 1.807) is 0 Å². The summed E-state index contributed by atoms with van der Waals surface area (Å²) in [7, 11) is 0. The van der Waals surface area contributed by atoms with E-state index < -0.39 is 11.7 Å². The molecule has 0 unspecified atom stereocenters. The van der Waals surface area contributed by atoms with Crippen LogP contribution >= 0.6 is 0 Å². The maximum absolute atomic E-state index is 13.8. The Labute approximate surface area is 124 Å². The van der Waals surface area contributed by atoms with E-state index in [1.165, 1.54) is 12.1 Å². The van der Waals surface area contributed by atoms with E-state index in [0.29, 0.717) is 5.69 Å². The van der Waals surface area contributed by atoms with Crippen LogP contribution < -0.4 is 11.1 Å². The molecule has 3 N–H and O–H groups in total. The van der Waals surface area contributed by atoms with Crippen molar-refractivity contribution in [3.63, 3.8) is 0 Å². The van der Waals surface area contributed by atoms with Gasteiger partial charge in [0.2, 0.25) is 0 Å². The molecule has 0 saturated heterocycles. The molecule has 0 fully saturated rings. The summed E-state index contributed by atoms with van der Waals surface area (Å²) in [4.78, 5) is 12.3. The smallest absolute Gasteiger partial charge is 0.258 e. The number of anilines is 2. The average Bonchev–Trinajstić information content (AvgIpc) is 2.40. The lowest BCUT2D eigenvalue weighted by Gasteiger charge is -2.16. The molecule has 0 bridgehead atoms. The molecule has 4 heteroatoms. The van der Waals surface area contributed by atoms with Gasteiger partial charge in [-0.1, -0.05) is 32.0 Å². The summed E-state index contributed by atoms with van der Waals surface area (Å²) in [6.07, 6.45) is 0. The zero-order chi connectivity index (χ0) is 15.6. The van der Waals surface area contributed by atoms with Gasteiger partial charge in [-0.2, -0.15) is 0 Å². The molecule has 0 radical (unpaired) electrons. The minimum atomic E-state index is -0.618. The van der Waals surface area contributed by atoms with Crippen molar-refractivity contribution in [2.24, 2.45) is 0 Å². The number of amides is 1. The Morgan fingerprint density at radius 2 is 1.95 bits per heavy atom. The van der Waals surface area contributed by atoms with E-state index >= 15 is 0 Å². The van der Waals surface area contributed by atoms with Crippen molar-refractivity contribution in [1.29, 1.82) is 0 Å². The summed E-state index contributed by atoms with van der Waals surface area (Å²) in [5.74, 6) is -0.827. The van der Waals surface area contributed by atoms with Gasteiger partial charge in [-0.05, 0) is 42.2 Å². The van der Waals surface area contributed by atoms with Crippen molar-refractivity contribution in [1.82, 2.24) is 0 Å². The van der Waals surface area contributed by atoms with Crippen LogP contribution in [0.25, 0.3) is 0 Å². The minimum absolute atomic E-state index is 0.0119. The van der Waals surface area contributed by atoms with Crippen LogP contribution in [0, 0.1) is 12.7 Å². The second kappa shape index (κ2) is 5.95. The zero-order valence-corrected chi connectivity index (χ0v) is 12.4. The van der Waals surface area contributed by atoms with Crippen LogP contribution in [0.15, 0.2) is 36.4 Å². The highest BCUT2D eigenvalue weighted by Crippen LogP contribution is 2.28. The molecule has 110 valence electrons. The van der Waals surface area contributed by atoms with Gasteiger partial charge in [-0.15, -0.1) is 0 Å². The van der Waals surface area contributed by atoms with Gasteiger partial charge in [-0.25, -0.2) is 4.39 Å². The number of para-hydroxylation sites is 1. The zero-order valence-electron chi connectivity index (χ0n) is 12.4. The number of rotatable bonds is 3. The summed E-state index contributed by atoms with van der Waals surface area (Å²) in [6, 6.07) is 9.89. The van der Waals surface area contributed by atoms with Crippen LogP contribution in [0.2, 0.25) is 0 Å². The van der Waals surface area contributed by atoms with E-state index in [-0.39, 0.29) is 11.5 Å². The first-order valence-corrected chi connectivity index (χ1v) is 6.86. The van der Waals surface area contributed by atoms with E-state index in [1.807, 2.05) is 39.0 Å². The monoisotopic (exact) mass is 286 g/mol. The predicted octanol–water partition coefficient (Wildman–Crippen LogP) is 4.09. The fraction of sp³-hybridized carbons (Fsp3) is 0.235. The highest BCUT2D eigenvalue weighted by atomic mass is 19.1. The maximum Gasteiger partial charge on any atom is 0.258 e. The third-order valence-corrected chi connectivity index (χ3v) is 3.40. The average molecular weight is 286 g/mol. The van der Waals surface area contributed by atoms with Crippen molar-refractivity contribution < 1.29 is 9.18 Å². The standard InChI is InChI=1S/C17H19FN2O/c1-10(2)13-6-4-5-11(3)16(13)20-17(21)14-8-7-12(19)9-15(14)18/h4-10H,19H2,1-3H3,(H,20,21). The van der Waals surface area contributed by atoms with Crippen LogP contribution in [0.1, 0.15) is 41.3 Å². The van der Waals surface area contributed by atoms with E-state index in [9.17, 15) is 9.18 Å². The molecule has 2 aromatic rings. The molecule has 21 heavy (non-hydrogen) atoms. The summed E-state index contributed by atoms with van der Waals surface area (Å²) >= 11 is 0. The van der Waals surface area contributed by atoms with Crippen molar-refractivity contribution in [3.8, 4) is 0 Å². The Hall–Kier alpha value is -2.36. The number of aryl methyl sites for hydroxylation is 1. The fourth-order valence-electron chi connectivity index (χ4n) is 2.24. The second-order valence-corrected chi connectivity index (χ2v) is 5.39. The number of nitrogens with two attached hydrogens (primary N) is 1. The van der Waals surface area contributed by atoms with Crippen molar-refractivity contribution >= 4 is 17.3 Å². The van der Waals surface area contributed by atoms with Gasteiger partial charge < -0.3 is 11.1 Å². The van der Waals surface area contributed by atoms with Gasteiger partial charge in [0, 0.05) is 11.4 Å². The first-order valence-electron chi connectivity index (χ1n) is 6.86. The normalized spacial score (nSPS) is 10.7. The topological polar surface area (TPSA) is 55.1 Å². The first-order chi connectivity index (χ1) is 9.90. The molecule has 1 amide bonds. The third kappa shape index (κ3) is 3.21. The van der Waals surface area contributed by atoms with Gasteiger partial charge in [0.25, 0.3) is 5.91 Å². The summed E-state index contributed by atoms with van der Waals surface area (Å²) in [5, 5.41) is 2.82. The van der Waals surface area contributed by atoms with Crippen molar-refractivity contribution in [2.75, 3.05) is 11.1 Å². The molecular weight excluding hydrogens is 267 g/mol. The first kappa shape index (κ1) is 15.0. The van der Waals surface area contributed by atoms with Gasteiger partial charge in [-0.3, -0.25) is 4.79 Å². The quantitative estimate of drug-likeness (QED) is 0.835. The van der Waals surface area contributed by atoms with Gasteiger partial charge in [0.15, 0.2) is 0 Å². The van der Waals surface area contributed by atoms with E-state index in [4.69, 9.17) is 5.73 Å².